The summed E-state index contributed by atoms with van der Waals surface area (Å²) >= 11 is 0. The van der Waals surface area contributed by atoms with E-state index in [1.165, 1.54) is 6.07 Å². The minimum absolute atomic E-state index is 0.0243. The molecule has 1 aliphatic heterocycles. The molecule has 1 saturated heterocycles. The number of hydrogen-bond acceptors (Lipinski definition) is 4. The Morgan fingerprint density at radius 1 is 0.865 bits per heavy atom. The highest BCUT2D eigenvalue weighted by Crippen LogP contribution is 2.29. The zero-order valence-corrected chi connectivity index (χ0v) is 22.0. The molecule has 3 aromatic carbocycles. The molecular formula is C31H37N3O3. The van der Waals surface area contributed by atoms with E-state index in [-0.39, 0.29) is 34.3 Å². The molecule has 1 unspecified atom stereocenters. The molecule has 0 aliphatic carbocycles. The van der Waals surface area contributed by atoms with Crippen molar-refractivity contribution in [3.8, 4) is 16.9 Å². The van der Waals surface area contributed by atoms with Crippen LogP contribution in [-0.4, -0.2) is 40.1 Å². The molecule has 2 amide bonds. The van der Waals surface area contributed by atoms with E-state index in [4.69, 9.17) is 0 Å². The normalized spacial score (nSPS) is 17.5. The second-order valence-corrected chi connectivity index (χ2v) is 11.3. The summed E-state index contributed by atoms with van der Waals surface area (Å²) in [6, 6.07) is 23.7. The molecule has 4 N–H and O–H groups in total. The number of nitrogens with one attached hydrogen (secondary N) is 3. The van der Waals surface area contributed by atoms with Gasteiger partial charge in [-0.2, -0.15) is 0 Å². The molecule has 0 radical (unpaired) electrons. The maximum absolute atomic E-state index is 13.6. The van der Waals surface area contributed by atoms with Crippen molar-refractivity contribution in [1.82, 2.24) is 16.0 Å². The molecule has 6 heteroatoms. The smallest absolute Gasteiger partial charge is 0.255 e. The number of carbonyl (C=O) groups excluding carboxylic acids is 2. The minimum atomic E-state index is -0.796. The zero-order valence-electron chi connectivity index (χ0n) is 22.0. The molecule has 1 heterocycles. The van der Waals surface area contributed by atoms with Gasteiger partial charge in [0.2, 0.25) is 5.91 Å². The van der Waals surface area contributed by atoms with Crippen LogP contribution in [0.2, 0.25) is 0 Å². The lowest BCUT2D eigenvalue weighted by Crippen LogP contribution is -2.63. The second-order valence-electron chi connectivity index (χ2n) is 11.3. The Kier molecular flexibility index (Phi) is 7.69. The quantitative estimate of drug-likeness (QED) is 0.375. The van der Waals surface area contributed by atoms with E-state index in [0.717, 1.165) is 29.5 Å². The molecular weight excluding hydrogens is 462 g/mol. The number of para-hydroxylation sites is 1. The van der Waals surface area contributed by atoms with E-state index >= 15 is 0 Å². The molecule has 0 aromatic heterocycles. The predicted molar refractivity (Wildman–Crippen MR) is 147 cm³/mol. The van der Waals surface area contributed by atoms with Crippen LogP contribution < -0.4 is 16.0 Å². The molecule has 0 saturated carbocycles. The SMILES string of the molecule is CC1(C)CC(NC(=O)C(Cc2ccc(-c3ccccc3)cc2)NC(=O)c2ccccc2O)CC(C)(C)N1. The highest BCUT2D eigenvalue weighted by molar-refractivity contribution is 5.99. The first-order chi connectivity index (χ1) is 17.5. The van der Waals surface area contributed by atoms with Crippen LogP contribution in [0.4, 0.5) is 0 Å². The average Bonchev–Trinajstić information content (AvgIpc) is 2.83. The fourth-order valence-corrected chi connectivity index (χ4v) is 5.54. The Morgan fingerprint density at radius 2 is 1.43 bits per heavy atom. The molecule has 0 spiro atoms. The molecule has 1 aliphatic rings. The summed E-state index contributed by atoms with van der Waals surface area (Å²) < 4.78 is 0. The monoisotopic (exact) mass is 499 g/mol. The van der Waals surface area contributed by atoms with Crippen molar-refractivity contribution >= 4 is 11.8 Å². The maximum atomic E-state index is 13.6. The van der Waals surface area contributed by atoms with Gasteiger partial charge < -0.3 is 21.1 Å². The molecule has 4 rings (SSSR count). The first kappa shape index (κ1) is 26.4. The highest BCUT2D eigenvalue weighted by atomic mass is 16.3. The van der Waals surface area contributed by atoms with Crippen molar-refractivity contribution in [3.05, 3.63) is 90.0 Å². The topological polar surface area (TPSA) is 90.5 Å². The van der Waals surface area contributed by atoms with Crippen molar-refractivity contribution in [1.29, 1.82) is 0 Å². The van der Waals surface area contributed by atoms with Crippen molar-refractivity contribution in [2.45, 2.75) is 70.1 Å². The van der Waals surface area contributed by atoms with Crippen molar-refractivity contribution in [3.63, 3.8) is 0 Å². The first-order valence-corrected chi connectivity index (χ1v) is 12.8. The van der Waals surface area contributed by atoms with Crippen LogP contribution in [0.3, 0.4) is 0 Å². The standard InChI is InChI=1S/C31H37N3O3/c1-30(2)19-24(20-31(3,4)34-30)32-29(37)26(33-28(36)25-12-8-9-13-27(25)35)18-21-14-16-23(17-15-21)22-10-6-5-7-11-22/h5-17,24,26,34-35H,18-20H2,1-4H3,(H,32,37)(H,33,36). The van der Waals surface area contributed by atoms with E-state index in [1.807, 2.05) is 42.5 Å². The third-order valence-electron chi connectivity index (χ3n) is 6.81. The van der Waals surface area contributed by atoms with Crippen LogP contribution >= 0.6 is 0 Å². The second kappa shape index (κ2) is 10.8. The number of carbonyl (C=O) groups is 2. The lowest BCUT2D eigenvalue weighted by molar-refractivity contribution is -0.124. The molecule has 1 atom stereocenters. The van der Waals surface area contributed by atoms with Crippen LogP contribution in [0.25, 0.3) is 11.1 Å². The fourth-order valence-electron chi connectivity index (χ4n) is 5.54. The third-order valence-corrected chi connectivity index (χ3v) is 6.81. The Bertz CT molecular complexity index is 1220. The lowest BCUT2D eigenvalue weighted by Gasteiger charge is -2.46. The summed E-state index contributed by atoms with van der Waals surface area (Å²) in [6.07, 6.45) is 1.90. The van der Waals surface area contributed by atoms with Crippen LogP contribution in [0, 0.1) is 0 Å². The lowest BCUT2D eigenvalue weighted by atomic mass is 9.79. The van der Waals surface area contributed by atoms with Crippen molar-refractivity contribution in [2.24, 2.45) is 0 Å². The van der Waals surface area contributed by atoms with E-state index in [1.54, 1.807) is 18.2 Å². The van der Waals surface area contributed by atoms with Gasteiger partial charge in [-0.05, 0) is 69.4 Å². The average molecular weight is 500 g/mol. The fraction of sp³-hybridized carbons (Fsp3) is 0.355. The van der Waals surface area contributed by atoms with Gasteiger partial charge in [0.15, 0.2) is 0 Å². The maximum Gasteiger partial charge on any atom is 0.255 e. The van der Waals surface area contributed by atoms with Gasteiger partial charge in [-0.15, -0.1) is 0 Å². The zero-order chi connectivity index (χ0) is 26.6. The molecule has 1 fully saturated rings. The van der Waals surface area contributed by atoms with Gasteiger partial charge in [0, 0.05) is 23.5 Å². The van der Waals surface area contributed by atoms with Gasteiger partial charge in [-0.1, -0.05) is 66.7 Å². The van der Waals surface area contributed by atoms with Crippen molar-refractivity contribution in [2.75, 3.05) is 0 Å². The summed E-state index contributed by atoms with van der Waals surface area (Å²) in [5.74, 6) is -0.826. The summed E-state index contributed by atoms with van der Waals surface area (Å²) in [6.45, 7) is 8.55. The van der Waals surface area contributed by atoms with Gasteiger partial charge in [0.1, 0.15) is 11.8 Å². The Balaban J connectivity index is 1.54. The van der Waals surface area contributed by atoms with Gasteiger partial charge in [0.25, 0.3) is 5.91 Å². The number of phenols is 1. The van der Waals surface area contributed by atoms with Gasteiger partial charge in [0.05, 0.1) is 5.56 Å². The third kappa shape index (κ3) is 6.98. The molecule has 3 aromatic rings. The van der Waals surface area contributed by atoms with Crippen LogP contribution in [0.5, 0.6) is 5.75 Å². The van der Waals surface area contributed by atoms with E-state index < -0.39 is 11.9 Å². The van der Waals surface area contributed by atoms with E-state index in [2.05, 4.69) is 55.8 Å². The number of aromatic hydroxyl groups is 1. The van der Waals surface area contributed by atoms with Gasteiger partial charge in [-0.25, -0.2) is 0 Å². The van der Waals surface area contributed by atoms with E-state index in [9.17, 15) is 14.7 Å². The summed E-state index contributed by atoms with van der Waals surface area (Å²) in [4.78, 5) is 26.6. The van der Waals surface area contributed by atoms with Gasteiger partial charge in [-0.3, -0.25) is 9.59 Å². The molecule has 37 heavy (non-hydrogen) atoms. The van der Waals surface area contributed by atoms with Crippen LogP contribution in [0.1, 0.15) is 56.5 Å². The number of piperidine rings is 1. The van der Waals surface area contributed by atoms with E-state index in [0.29, 0.717) is 6.42 Å². The molecule has 0 bridgehead atoms. The van der Waals surface area contributed by atoms with Crippen LogP contribution in [0.15, 0.2) is 78.9 Å². The van der Waals surface area contributed by atoms with Crippen LogP contribution in [-0.2, 0) is 11.2 Å². The number of hydrogen-bond donors (Lipinski definition) is 4. The summed E-state index contributed by atoms with van der Waals surface area (Å²) in [5, 5.41) is 19.9. The predicted octanol–water partition coefficient (Wildman–Crippen LogP) is 4.83. The Hall–Kier alpha value is -3.64. The first-order valence-electron chi connectivity index (χ1n) is 12.8. The molecule has 194 valence electrons. The number of phenolic OH excluding ortho intramolecular Hbond substituents is 1. The number of rotatable bonds is 7. The number of amides is 2. The number of benzene rings is 3. The van der Waals surface area contributed by atoms with Gasteiger partial charge >= 0.3 is 0 Å². The Morgan fingerprint density at radius 3 is 2.05 bits per heavy atom. The molecule has 6 nitrogen and oxygen atoms in total. The summed E-state index contributed by atoms with van der Waals surface area (Å²) in [5.41, 5.74) is 3.03. The minimum Gasteiger partial charge on any atom is -0.507 e. The highest BCUT2D eigenvalue weighted by Gasteiger charge is 2.39. The summed E-state index contributed by atoms with van der Waals surface area (Å²) in [7, 11) is 0. The largest absolute Gasteiger partial charge is 0.507 e. The van der Waals surface area contributed by atoms with Crippen molar-refractivity contribution < 1.29 is 14.7 Å². The Labute approximate surface area is 219 Å².